The van der Waals surface area contributed by atoms with Crippen LogP contribution in [0.1, 0.15) is 52.0 Å². The number of carbonyl (C=O) groups is 1. The van der Waals surface area contributed by atoms with Crippen LogP contribution in [0.2, 0.25) is 5.04 Å². The predicted octanol–water partition coefficient (Wildman–Crippen LogP) is 4.81. The molecule has 1 amide bonds. The van der Waals surface area contributed by atoms with Crippen LogP contribution in [-0.2, 0) is 25.6 Å². The van der Waals surface area contributed by atoms with Crippen LogP contribution in [0, 0.1) is 5.92 Å². The molecule has 3 aromatic carbocycles. The van der Waals surface area contributed by atoms with Gasteiger partial charge < -0.3 is 4.53 Å². The van der Waals surface area contributed by atoms with Crippen molar-refractivity contribution in [3.63, 3.8) is 0 Å². The van der Waals surface area contributed by atoms with Crippen LogP contribution in [0.4, 0.5) is 0 Å². The predicted molar refractivity (Wildman–Crippen MR) is 157 cm³/mol. The van der Waals surface area contributed by atoms with E-state index in [9.17, 15) is 13.2 Å². The number of sulfone groups is 1. The van der Waals surface area contributed by atoms with Crippen molar-refractivity contribution in [1.82, 2.24) is 5.48 Å². The molecular formula is C31H39NO4SSi. The highest BCUT2D eigenvalue weighted by Gasteiger charge is 2.52. The summed E-state index contributed by atoms with van der Waals surface area (Å²) in [5.74, 6) is -0.908. The van der Waals surface area contributed by atoms with Crippen LogP contribution in [0.15, 0.2) is 91.0 Å². The van der Waals surface area contributed by atoms with Gasteiger partial charge in [-0.25, -0.2) is 13.9 Å². The van der Waals surface area contributed by atoms with Gasteiger partial charge in [0.1, 0.15) is 0 Å². The molecule has 1 fully saturated rings. The molecule has 5 nitrogen and oxygen atoms in total. The molecule has 1 saturated carbocycles. The normalized spacial score (nSPS) is 18.6. The summed E-state index contributed by atoms with van der Waals surface area (Å²) in [4.78, 5) is 13.7. The van der Waals surface area contributed by atoms with Gasteiger partial charge in [0.25, 0.3) is 8.32 Å². The summed E-state index contributed by atoms with van der Waals surface area (Å²) in [5.41, 5.74) is 3.82. The van der Waals surface area contributed by atoms with Gasteiger partial charge in [0.15, 0.2) is 9.84 Å². The topological polar surface area (TPSA) is 72.5 Å². The van der Waals surface area contributed by atoms with Crippen LogP contribution >= 0.6 is 0 Å². The van der Waals surface area contributed by atoms with Crippen molar-refractivity contribution in [2.75, 3.05) is 5.75 Å². The largest absolute Gasteiger partial charge is 0.308 e. The molecule has 0 radical (unpaired) electrons. The number of benzene rings is 3. The molecule has 38 heavy (non-hydrogen) atoms. The van der Waals surface area contributed by atoms with Gasteiger partial charge in [0, 0.05) is 0 Å². The zero-order chi connectivity index (χ0) is 27.2. The van der Waals surface area contributed by atoms with E-state index >= 15 is 0 Å². The Morgan fingerprint density at radius 1 is 0.842 bits per heavy atom. The number of hydrogen-bond acceptors (Lipinski definition) is 4. The fraction of sp³-hybridized carbons (Fsp3) is 0.387. The summed E-state index contributed by atoms with van der Waals surface area (Å²) in [6.45, 7) is 6.43. The van der Waals surface area contributed by atoms with E-state index in [0.717, 1.165) is 28.8 Å². The summed E-state index contributed by atoms with van der Waals surface area (Å²) in [7, 11) is -6.45. The van der Waals surface area contributed by atoms with Crippen LogP contribution in [-0.4, -0.2) is 33.6 Å². The third kappa shape index (κ3) is 6.11. The SMILES string of the molecule is CC(C)(C)[Si](ONC(=O)[C@@H]1CCCC[C@H]1S(=O)(=O)CCc1ccccc1)(c1ccccc1)c1ccccc1. The van der Waals surface area contributed by atoms with Gasteiger partial charge in [-0.05, 0) is 40.2 Å². The first-order valence-electron chi connectivity index (χ1n) is 13.5. The summed E-state index contributed by atoms with van der Waals surface area (Å²) < 4.78 is 33.5. The second-order valence-corrected chi connectivity index (χ2v) is 17.8. The molecule has 1 aliphatic carbocycles. The molecule has 3 aromatic rings. The van der Waals surface area contributed by atoms with E-state index in [4.69, 9.17) is 4.53 Å². The zero-order valence-corrected chi connectivity index (χ0v) is 24.4. The number of hydroxylamine groups is 1. The number of aryl methyl sites for hydroxylation is 1. The summed E-state index contributed by atoms with van der Waals surface area (Å²) in [5, 5.41) is 1.10. The lowest BCUT2D eigenvalue weighted by atomic mass is 9.88. The van der Waals surface area contributed by atoms with Crippen molar-refractivity contribution >= 4 is 34.4 Å². The van der Waals surface area contributed by atoms with Crippen molar-refractivity contribution in [2.45, 2.75) is 63.2 Å². The number of hydrogen-bond donors (Lipinski definition) is 1. The van der Waals surface area contributed by atoms with Crippen LogP contribution < -0.4 is 15.9 Å². The fourth-order valence-electron chi connectivity index (χ4n) is 5.73. The quantitative estimate of drug-likeness (QED) is 0.307. The molecule has 0 unspecified atom stereocenters. The Bertz CT molecular complexity index is 1250. The zero-order valence-electron chi connectivity index (χ0n) is 22.6. The van der Waals surface area contributed by atoms with Crippen molar-refractivity contribution < 1.29 is 17.7 Å². The minimum atomic E-state index is -3.47. The molecule has 0 heterocycles. The van der Waals surface area contributed by atoms with Gasteiger partial charge in [-0.15, -0.1) is 0 Å². The van der Waals surface area contributed by atoms with Crippen LogP contribution in [0.25, 0.3) is 0 Å². The summed E-state index contributed by atoms with van der Waals surface area (Å²) >= 11 is 0. The number of nitrogens with one attached hydrogen (secondary N) is 1. The highest BCUT2D eigenvalue weighted by Crippen LogP contribution is 2.37. The standard InChI is InChI=1S/C31H39NO4SSi/c1-31(2,3)38(26-17-9-5-10-18-26,27-19-11-6-12-20-27)36-32-30(33)28-21-13-14-22-29(28)37(34,35)24-23-25-15-7-4-8-16-25/h4-12,15-20,28-29H,13-14,21-24H2,1-3H3,(H,32,33)/t28-,29-/m1/s1. The maximum Gasteiger partial charge on any atom is 0.295 e. The second kappa shape index (κ2) is 12.0. The van der Waals surface area contributed by atoms with Gasteiger partial charge in [-0.2, -0.15) is 0 Å². The highest BCUT2D eigenvalue weighted by molar-refractivity contribution is 7.92. The Balaban J connectivity index is 1.59. The van der Waals surface area contributed by atoms with E-state index in [2.05, 4.69) is 50.5 Å². The first-order valence-corrected chi connectivity index (χ1v) is 17.1. The van der Waals surface area contributed by atoms with Crippen molar-refractivity contribution in [2.24, 2.45) is 5.92 Å². The van der Waals surface area contributed by atoms with Gasteiger partial charge in [-0.1, -0.05) is 125 Å². The highest BCUT2D eigenvalue weighted by atomic mass is 32.2. The van der Waals surface area contributed by atoms with Gasteiger partial charge in [-0.3, -0.25) is 4.79 Å². The molecule has 1 aliphatic rings. The Labute approximate surface area is 228 Å². The number of amides is 1. The molecular weight excluding hydrogens is 510 g/mol. The molecule has 2 atom stereocenters. The summed E-state index contributed by atoms with van der Waals surface area (Å²) in [6.07, 6.45) is 3.16. The first kappa shape index (κ1) is 28.3. The van der Waals surface area contributed by atoms with Gasteiger partial charge in [0.2, 0.25) is 5.91 Å². The second-order valence-electron chi connectivity index (χ2n) is 11.3. The number of carbonyl (C=O) groups excluding carboxylic acids is 1. The lowest BCUT2D eigenvalue weighted by molar-refractivity contribution is -0.133. The average Bonchev–Trinajstić information content (AvgIpc) is 2.93. The van der Waals surface area contributed by atoms with E-state index in [1.54, 1.807) is 0 Å². The molecule has 0 aromatic heterocycles. The molecule has 202 valence electrons. The minimum Gasteiger partial charge on any atom is -0.308 e. The summed E-state index contributed by atoms with van der Waals surface area (Å²) in [6, 6.07) is 29.8. The van der Waals surface area contributed by atoms with Crippen LogP contribution in [0.5, 0.6) is 0 Å². The van der Waals surface area contributed by atoms with Crippen LogP contribution in [0.3, 0.4) is 0 Å². The van der Waals surface area contributed by atoms with Crippen molar-refractivity contribution in [1.29, 1.82) is 0 Å². The van der Waals surface area contributed by atoms with Gasteiger partial charge in [0.05, 0.1) is 16.9 Å². The molecule has 0 spiro atoms. The van der Waals surface area contributed by atoms with E-state index in [-0.39, 0.29) is 16.7 Å². The monoisotopic (exact) mass is 549 g/mol. The van der Waals surface area contributed by atoms with E-state index < -0.39 is 29.3 Å². The Hall–Kier alpha value is -2.74. The third-order valence-corrected chi connectivity index (χ3v) is 14.8. The molecule has 0 aliphatic heterocycles. The maximum atomic E-state index is 13.7. The molecule has 4 rings (SSSR count). The first-order chi connectivity index (χ1) is 18.1. The van der Waals surface area contributed by atoms with Gasteiger partial charge >= 0.3 is 0 Å². The van der Waals surface area contributed by atoms with E-state index in [1.807, 2.05) is 66.7 Å². The Morgan fingerprint density at radius 2 is 1.34 bits per heavy atom. The molecule has 7 heteroatoms. The average molecular weight is 550 g/mol. The Kier molecular flexibility index (Phi) is 8.91. The molecule has 1 N–H and O–H groups in total. The van der Waals surface area contributed by atoms with E-state index in [0.29, 0.717) is 19.3 Å². The smallest absolute Gasteiger partial charge is 0.295 e. The van der Waals surface area contributed by atoms with Crippen molar-refractivity contribution in [3.8, 4) is 0 Å². The van der Waals surface area contributed by atoms with Crippen molar-refractivity contribution in [3.05, 3.63) is 96.6 Å². The molecule has 0 bridgehead atoms. The van der Waals surface area contributed by atoms with E-state index in [1.165, 1.54) is 0 Å². The Morgan fingerprint density at radius 3 is 1.87 bits per heavy atom. The fourth-order valence-corrected chi connectivity index (χ4v) is 12.0. The molecule has 0 saturated heterocycles. The lowest BCUT2D eigenvalue weighted by Crippen LogP contribution is -2.69. The third-order valence-electron chi connectivity index (χ3n) is 7.74. The maximum absolute atomic E-state index is 13.7. The lowest BCUT2D eigenvalue weighted by Gasteiger charge is -2.42. The minimum absolute atomic E-state index is 0.0427. The number of rotatable bonds is 9.